The normalized spacial score (nSPS) is 14.0. The summed E-state index contributed by atoms with van der Waals surface area (Å²) < 4.78 is 11.4. The van der Waals surface area contributed by atoms with Crippen LogP contribution in [0.5, 0.6) is 11.5 Å². The van der Waals surface area contributed by atoms with Gasteiger partial charge in [0.15, 0.2) is 11.5 Å². The maximum Gasteiger partial charge on any atom is 0.335 e. The topological polar surface area (TPSA) is 84.9 Å². The predicted octanol–water partition coefficient (Wildman–Crippen LogP) is 4.28. The molecule has 0 aromatic heterocycles. The molecular formula is C21H23NO5. The van der Waals surface area contributed by atoms with Crippen molar-refractivity contribution in [2.75, 3.05) is 12.4 Å². The van der Waals surface area contributed by atoms with Crippen molar-refractivity contribution < 1.29 is 24.2 Å². The van der Waals surface area contributed by atoms with Gasteiger partial charge in [-0.15, -0.1) is 0 Å². The summed E-state index contributed by atoms with van der Waals surface area (Å²) in [6.45, 7) is 1.81. The molecule has 0 saturated heterocycles. The highest BCUT2D eigenvalue weighted by Gasteiger charge is 2.20. The van der Waals surface area contributed by atoms with Gasteiger partial charge in [0, 0.05) is 11.3 Å². The molecule has 0 atom stereocenters. The largest absolute Gasteiger partial charge is 0.493 e. The lowest BCUT2D eigenvalue weighted by molar-refractivity contribution is 0.0696. The number of hydrogen-bond donors (Lipinski definition) is 2. The monoisotopic (exact) mass is 369 g/mol. The summed E-state index contributed by atoms with van der Waals surface area (Å²) in [6, 6.07) is 9.67. The van der Waals surface area contributed by atoms with Gasteiger partial charge in [0.1, 0.15) is 0 Å². The van der Waals surface area contributed by atoms with Gasteiger partial charge in [-0.05, 0) is 68.5 Å². The van der Waals surface area contributed by atoms with Crippen molar-refractivity contribution in [3.8, 4) is 11.5 Å². The van der Waals surface area contributed by atoms with E-state index in [1.54, 1.807) is 31.4 Å². The van der Waals surface area contributed by atoms with Crippen LogP contribution in [0, 0.1) is 6.92 Å². The van der Waals surface area contributed by atoms with E-state index in [1.807, 2.05) is 6.92 Å². The number of methoxy groups -OCH3 is 1. The minimum Gasteiger partial charge on any atom is -0.493 e. The van der Waals surface area contributed by atoms with Crippen molar-refractivity contribution in [1.29, 1.82) is 0 Å². The minimum atomic E-state index is -1.04. The Balaban J connectivity index is 1.82. The molecule has 1 saturated carbocycles. The number of carbonyl (C=O) groups excluding carboxylic acids is 1. The number of hydrogen-bond acceptors (Lipinski definition) is 4. The molecule has 1 aliphatic carbocycles. The molecule has 2 aromatic rings. The number of carboxylic acids is 1. The zero-order valence-corrected chi connectivity index (χ0v) is 15.5. The summed E-state index contributed by atoms with van der Waals surface area (Å²) >= 11 is 0. The van der Waals surface area contributed by atoms with Crippen LogP contribution in [0.4, 0.5) is 5.69 Å². The van der Waals surface area contributed by atoms with Gasteiger partial charge in [-0.1, -0.05) is 6.07 Å². The Bertz CT molecular complexity index is 856. The fourth-order valence-corrected chi connectivity index (χ4v) is 3.18. The second kappa shape index (κ2) is 8.12. The first kappa shape index (κ1) is 18.8. The molecule has 3 rings (SSSR count). The molecule has 0 aliphatic heterocycles. The zero-order chi connectivity index (χ0) is 19.4. The van der Waals surface area contributed by atoms with E-state index in [2.05, 4.69) is 5.32 Å². The molecule has 1 fully saturated rings. The minimum absolute atomic E-state index is 0.121. The highest BCUT2D eigenvalue weighted by atomic mass is 16.5. The number of rotatable bonds is 6. The van der Waals surface area contributed by atoms with Crippen molar-refractivity contribution in [3.63, 3.8) is 0 Å². The summed E-state index contributed by atoms with van der Waals surface area (Å²) in [7, 11) is 1.57. The molecule has 6 nitrogen and oxygen atoms in total. The van der Waals surface area contributed by atoms with Gasteiger partial charge in [0.2, 0.25) is 0 Å². The lowest BCUT2D eigenvalue weighted by Crippen LogP contribution is -2.15. The van der Waals surface area contributed by atoms with Crippen LogP contribution >= 0.6 is 0 Å². The van der Waals surface area contributed by atoms with Gasteiger partial charge in [-0.3, -0.25) is 4.79 Å². The number of nitrogens with one attached hydrogen (secondary N) is 1. The van der Waals surface area contributed by atoms with Crippen LogP contribution in [0.15, 0.2) is 36.4 Å². The van der Waals surface area contributed by atoms with Gasteiger partial charge < -0.3 is 19.9 Å². The van der Waals surface area contributed by atoms with Crippen LogP contribution in [0.25, 0.3) is 0 Å². The molecule has 2 aromatic carbocycles. The lowest BCUT2D eigenvalue weighted by Gasteiger charge is -2.17. The molecule has 2 N–H and O–H groups in total. The van der Waals surface area contributed by atoms with E-state index in [0.717, 1.165) is 31.2 Å². The SMILES string of the molecule is COc1ccc(C(=O)Nc2cc(C(=O)O)ccc2C)cc1OC1CCCC1. The van der Waals surface area contributed by atoms with Crippen molar-refractivity contribution in [3.05, 3.63) is 53.1 Å². The third-order valence-electron chi connectivity index (χ3n) is 4.75. The fraction of sp³-hybridized carbons (Fsp3) is 0.333. The second-order valence-corrected chi connectivity index (χ2v) is 6.68. The van der Waals surface area contributed by atoms with Gasteiger partial charge in [-0.25, -0.2) is 4.79 Å². The van der Waals surface area contributed by atoms with E-state index in [9.17, 15) is 9.59 Å². The first-order chi connectivity index (χ1) is 13.0. The molecule has 0 unspecified atom stereocenters. The van der Waals surface area contributed by atoms with Crippen molar-refractivity contribution in [1.82, 2.24) is 0 Å². The van der Waals surface area contributed by atoms with Crippen LogP contribution in [0.1, 0.15) is 52.0 Å². The van der Waals surface area contributed by atoms with Crippen molar-refractivity contribution in [2.24, 2.45) is 0 Å². The molecule has 0 radical (unpaired) electrons. The predicted molar refractivity (Wildman–Crippen MR) is 102 cm³/mol. The Hall–Kier alpha value is -3.02. The fourth-order valence-electron chi connectivity index (χ4n) is 3.18. The summed E-state index contributed by atoms with van der Waals surface area (Å²) in [4.78, 5) is 23.8. The van der Waals surface area contributed by atoms with E-state index in [4.69, 9.17) is 14.6 Å². The van der Waals surface area contributed by atoms with E-state index in [0.29, 0.717) is 22.7 Å². The molecule has 6 heteroatoms. The van der Waals surface area contributed by atoms with Crippen LogP contribution < -0.4 is 14.8 Å². The maximum atomic E-state index is 12.7. The summed E-state index contributed by atoms with van der Waals surface area (Å²) in [5.74, 6) is -0.239. The Kier molecular flexibility index (Phi) is 5.64. The number of ether oxygens (including phenoxy) is 2. The van der Waals surface area contributed by atoms with Gasteiger partial charge >= 0.3 is 5.97 Å². The standard InChI is InChI=1S/C21H23NO5/c1-13-7-8-15(21(24)25)11-17(13)22-20(23)14-9-10-18(26-2)19(12-14)27-16-5-3-4-6-16/h7-12,16H,3-6H2,1-2H3,(H,22,23)(H,24,25). The molecule has 1 aliphatic rings. The Morgan fingerprint density at radius 1 is 1.04 bits per heavy atom. The molecule has 1 amide bonds. The third-order valence-corrected chi connectivity index (χ3v) is 4.75. The first-order valence-corrected chi connectivity index (χ1v) is 8.98. The number of carboxylic acid groups (broad SMARTS) is 1. The highest BCUT2D eigenvalue weighted by molar-refractivity contribution is 6.05. The summed E-state index contributed by atoms with van der Waals surface area (Å²) in [5.41, 5.74) is 1.79. The average Bonchev–Trinajstić information content (AvgIpc) is 3.16. The number of amides is 1. The van der Waals surface area contributed by atoms with Crippen LogP contribution in [-0.2, 0) is 0 Å². The quantitative estimate of drug-likeness (QED) is 0.794. The lowest BCUT2D eigenvalue weighted by atomic mass is 10.1. The highest BCUT2D eigenvalue weighted by Crippen LogP contribution is 2.32. The Labute approximate surface area is 158 Å². The van der Waals surface area contributed by atoms with Crippen LogP contribution in [0.2, 0.25) is 0 Å². The van der Waals surface area contributed by atoms with Gasteiger partial charge in [0.05, 0.1) is 18.8 Å². The van der Waals surface area contributed by atoms with E-state index < -0.39 is 5.97 Å². The maximum absolute atomic E-state index is 12.7. The molecule has 0 spiro atoms. The average molecular weight is 369 g/mol. The summed E-state index contributed by atoms with van der Waals surface area (Å²) in [5, 5.41) is 11.9. The third kappa shape index (κ3) is 4.39. The summed E-state index contributed by atoms with van der Waals surface area (Å²) in [6.07, 6.45) is 4.44. The Morgan fingerprint density at radius 3 is 2.41 bits per heavy atom. The molecular weight excluding hydrogens is 346 g/mol. The number of aromatic carboxylic acids is 1. The Morgan fingerprint density at radius 2 is 1.74 bits per heavy atom. The second-order valence-electron chi connectivity index (χ2n) is 6.68. The number of benzene rings is 2. The molecule has 27 heavy (non-hydrogen) atoms. The van der Waals surface area contributed by atoms with Gasteiger partial charge in [-0.2, -0.15) is 0 Å². The molecule has 0 heterocycles. The number of aryl methyl sites for hydroxylation is 1. The number of anilines is 1. The van der Waals surface area contributed by atoms with E-state index in [-0.39, 0.29) is 17.6 Å². The van der Waals surface area contributed by atoms with Crippen molar-refractivity contribution in [2.45, 2.75) is 38.7 Å². The van der Waals surface area contributed by atoms with Crippen molar-refractivity contribution >= 4 is 17.6 Å². The molecule has 142 valence electrons. The van der Waals surface area contributed by atoms with Crippen LogP contribution in [-0.4, -0.2) is 30.2 Å². The van der Waals surface area contributed by atoms with Crippen LogP contribution in [0.3, 0.4) is 0 Å². The van der Waals surface area contributed by atoms with E-state index in [1.165, 1.54) is 12.1 Å². The van der Waals surface area contributed by atoms with E-state index >= 15 is 0 Å². The molecule has 0 bridgehead atoms. The first-order valence-electron chi connectivity index (χ1n) is 8.98. The number of carbonyl (C=O) groups is 2. The van der Waals surface area contributed by atoms with Gasteiger partial charge in [0.25, 0.3) is 5.91 Å². The zero-order valence-electron chi connectivity index (χ0n) is 15.5. The smallest absolute Gasteiger partial charge is 0.335 e.